The Morgan fingerprint density at radius 2 is 1.50 bits per heavy atom. The highest BCUT2D eigenvalue weighted by Crippen LogP contribution is 2.47. The Labute approximate surface area is 129 Å². The van der Waals surface area contributed by atoms with Crippen LogP contribution in [0.3, 0.4) is 0 Å². The van der Waals surface area contributed by atoms with Gasteiger partial charge in [0.2, 0.25) is 5.91 Å². The first kappa shape index (κ1) is 14.3. The van der Waals surface area contributed by atoms with Crippen molar-refractivity contribution in [2.45, 2.75) is 12.8 Å². The molecule has 0 unspecified atom stereocenters. The van der Waals surface area contributed by atoms with E-state index in [1.807, 2.05) is 60.7 Å². The highest BCUT2D eigenvalue weighted by molar-refractivity contribution is 6.18. The van der Waals surface area contributed by atoms with E-state index in [1.165, 1.54) is 6.08 Å². The average Bonchev–Trinajstić information content (AvgIpc) is 3.36. The summed E-state index contributed by atoms with van der Waals surface area (Å²) in [5, 5.41) is 2.83. The van der Waals surface area contributed by atoms with Gasteiger partial charge in [-0.15, -0.1) is 0 Å². The maximum absolute atomic E-state index is 12.4. The number of hydrogen-bond acceptors (Lipinski definition) is 2. The zero-order valence-electron chi connectivity index (χ0n) is 12.2. The molecule has 0 atom stereocenters. The summed E-state index contributed by atoms with van der Waals surface area (Å²) in [6, 6.07) is 18.8. The van der Waals surface area contributed by atoms with E-state index in [0.717, 1.165) is 11.3 Å². The minimum Gasteiger partial charge on any atom is -0.325 e. The minimum atomic E-state index is -0.874. The molecule has 1 fully saturated rings. The third-order valence-electron chi connectivity index (χ3n) is 3.91. The van der Waals surface area contributed by atoms with Crippen LogP contribution in [-0.2, 0) is 9.59 Å². The zero-order valence-corrected chi connectivity index (χ0v) is 12.2. The third kappa shape index (κ3) is 2.98. The van der Waals surface area contributed by atoms with E-state index < -0.39 is 5.41 Å². The molecular weight excluding hydrogens is 274 g/mol. The lowest BCUT2D eigenvalue weighted by Crippen LogP contribution is -2.30. The normalized spacial score (nSPS) is 15.5. The summed E-state index contributed by atoms with van der Waals surface area (Å²) in [6.45, 7) is 0. The van der Waals surface area contributed by atoms with Gasteiger partial charge in [-0.2, -0.15) is 0 Å². The van der Waals surface area contributed by atoms with Crippen LogP contribution in [-0.4, -0.2) is 11.7 Å². The Morgan fingerprint density at radius 3 is 2.09 bits per heavy atom. The molecule has 3 nitrogen and oxygen atoms in total. The molecule has 0 spiro atoms. The maximum Gasteiger partial charge on any atom is 0.238 e. The standard InChI is InChI=1S/C19H17NO2/c21-17(12-11-15-7-3-1-4-8-15)19(13-14-19)18(22)20-16-9-5-2-6-10-16/h1-12H,13-14H2,(H,20,22)/b12-11+. The van der Waals surface area contributed by atoms with Crippen molar-refractivity contribution in [3.8, 4) is 0 Å². The zero-order chi connectivity index (χ0) is 15.4. The van der Waals surface area contributed by atoms with Gasteiger partial charge in [0, 0.05) is 5.69 Å². The molecule has 110 valence electrons. The van der Waals surface area contributed by atoms with Gasteiger partial charge in [0.15, 0.2) is 5.78 Å². The molecule has 0 heterocycles. The van der Waals surface area contributed by atoms with Crippen molar-refractivity contribution in [1.29, 1.82) is 0 Å². The lowest BCUT2D eigenvalue weighted by Gasteiger charge is -2.12. The van der Waals surface area contributed by atoms with Gasteiger partial charge in [-0.3, -0.25) is 9.59 Å². The minimum absolute atomic E-state index is 0.121. The molecule has 3 heteroatoms. The fourth-order valence-corrected chi connectivity index (χ4v) is 2.38. The maximum atomic E-state index is 12.4. The smallest absolute Gasteiger partial charge is 0.238 e. The second-order valence-electron chi connectivity index (χ2n) is 5.51. The van der Waals surface area contributed by atoms with Crippen molar-refractivity contribution in [2.24, 2.45) is 5.41 Å². The largest absolute Gasteiger partial charge is 0.325 e. The molecule has 1 amide bonds. The van der Waals surface area contributed by atoms with Crippen LogP contribution in [0.4, 0.5) is 5.69 Å². The number of allylic oxidation sites excluding steroid dienone is 1. The number of anilines is 1. The lowest BCUT2D eigenvalue weighted by molar-refractivity contribution is -0.130. The molecule has 2 aromatic rings. The summed E-state index contributed by atoms with van der Waals surface area (Å²) >= 11 is 0. The lowest BCUT2D eigenvalue weighted by atomic mass is 9.98. The predicted molar refractivity (Wildman–Crippen MR) is 87.2 cm³/mol. The quantitative estimate of drug-likeness (QED) is 0.674. The van der Waals surface area contributed by atoms with Gasteiger partial charge in [-0.1, -0.05) is 54.6 Å². The Morgan fingerprint density at radius 1 is 0.909 bits per heavy atom. The van der Waals surface area contributed by atoms with Crippen molar-refractivity contribution in [3.05, 3.63) is 72.3 Å². The van der Waals surface area contributed by atoms with Crippen LogP contribution >= 0.6 is 0 Å². The van der Waals surface area contributed by atoms with Gasteiger partial charge >= 0.3 is 0 Å². The molecule has 1 aliphatic rings. The number of para-hydroxylation sites is 1. The Hall–Kier alpha value is -2.68. The number of amides is 1. The molecule has 2 aromatic carbocycles. The van der Waals surface area contributed by atoms with Crippen molar-refractivity contribution < 1.29 is 9.59 Å². The van der Waals surface area contributed by atoms with Crippen LogP contribution in [0.5, 0.6) is 0 Å². The van der Waals surface area contributed by atoms with Crippen LogP contribution < -0.4 is 5.32 Å². The fraction of sp³-hybridized carbons (Fsp3) is 0.158. The van der Waals surface area contributed by atoms with E-state index in [0.29, 0.717) is 12.8 Å². The van der Waals surface area contributed by atoms with E-state index in [2.05, 4.69) is 5.32 Å². The summed E-state index contributed by atoms with van der Waals surface area (Å²) < 4.78 is 0. The molecule has 0 saturated heterocycles. The number of benzene rings is 2. The number of carbonyl (C=O) groups is 2. The summed E-state index contributed by atoms with van der Waals surface area (Å²) in [4.78, 5) is 24.8. The number of hydrogen-bond donors (Lipinski definition) is 1. The Bertz CT molecular complexity index is 701. The van der Waals surface area contributed by atoms with Crippen molar-refractivity contribution in [2.75, 3.05) is 5.32 Å². The Kier molecular flexibility index (Phi) is 3.88. The van der Waals surface area contributed by atoms with E-state index in [4.69, 9.17) is 0 Å². The molecule has 1 saturated carbocycles. The van der Waals surface area contributed by atoms with Crippen molar-refractivity contribution >= 4 is 23.5 Å². The molecule has 22 heavy (non-hydrogen) atoms. The fourth-order valence-electron chi connectivity index (χ4n) is 2.38. The number of rotatable bonds is 5. The second kappa shape index (κ2) is 5.98. The number of ketones is 1. The predicted octanol–water partition coefficient (Wildman–Crippen LogP) is 3.69. The molecule has 0 radical (unpaired) electrons. The summed E-state index contributed by atoms with van der Waals surface area (Å²) in [7, 11) is 0. The van der Waals surface area contributed by atoms with Gasteiger partial charge in [0.25, 0.3) is 0 Å². The highest BCUT2D eigenvalue weighted by Gasteiger charge is 2.55. The first-order valence-corrected chi connectivity index (χ1v) is 7.35. The molecular formula is C19H17NO2. The third-order valence-corrected chi connectivity index (χ3v) is 3.91. The number of carbonyl (C=O) groups excluding carboxylic acids is 2. The van der Waals surface area contributed by atoms with Crippen LogP contribution in [0.25, 0.3) is 6.08 Å². The monoisotopic (exact) mass is 291 g/mol. The van der Waals surface area contributed by atoms with Crippen molar-refractivity contribution in [1.82, 2.24) is 0 Å². The van der Waals surface area contributed by atoms with Gasteiger partial charge in [-0.05, 0) is 36.6 Å². The summed E-state index contributed by atoms with van der Waals surface area (Å²) in [6.07, 6.45) is 4.51. The number of nitrogens with one attached hydrogen (secondary N) is 1. The van der Waals surface area contributed by atoms with E-state index in [9.17, 15) is 9.59 Å². The summed E-state index contributed by atoms with van der Waals surface area (Å²) in [5.41, 5.74) is 0.801. The molecule has 1 aliphatic carbocycles. The molecule has 0 aliphatic heterocycles. The molecule has 3 rings (SSSR count). The van der Waals surface area contributed by atoms with E-state index >= 15 is 0 Å². The van der Waals surface area contributed by atoms with E-state index in [1.54, 1.807) is 6.08 Å². The van der Waals surface area contributed by atoms with Crippen LogP contribution in [0.2, 0.25) is 0 Å². The van der Waals surface area contributed by atoms with Crippen molar-refractivity contribution in [3.63, 3.8) is 0 Å². The van der Waals surface area contributed by atoms with Gasteiger partial charge in [-0.25, -0.2) is 0 Å². The Balaban J connectivity index is 1.69. The van der Waals surface area contributed by atoms with E-state index in [-0.39, 0.29) is 11.7 Å². The topological polar surface area (TPSA) is 46.2 Å². The summed E-state index contributed by atoms with van der Waals surface area (Å²) in [5.74, 6) is -0.328. The van der Waals surface area contributed by atoms with Gasteiger partial charge in [0.05, 0.1) is 0 Å². The first-order valence-electron chi connectivity index (χ1n) is 7.35. The first-order chi connectivity index (χ1) is 10.7. The molecule has 0 bridgehead atoms. The molecule has 1 N–H and O–H groups in total. The van der Waals surface area contributed by atoms with Gasteiger partial charge in [0.1, 0.15) is 5.41 Å². The van der Waals surface area contributed by atoms with Crippen LogP contribution in [0.15, 0.2) is 66.7 Å². The molecule has 0 aromatic heterocycles. The average molecular weight is 291 g/mol. The van der Waals surface area contributed by atoms with Crippen LogP contribution in [0, 0.1) is 5.41 Å². The second-order valence-corrected chi connectivity index (χ2v) is 5.51. The van der Waals surface area contributed by atoms with Gasteiger partial charge < -0.3 is 5.32 Å². The van der Waals surface area contributed by atoms with Crippen LogP contribution in [0.1, 0.15) is 18.4 Å². The SMILES string of the molecule is O=C(/C=C/c1ccccc1)C1(C(=O)Nc2ccccc2)CC1. The highest BCUT2D eigenvalue weighted by atomic mass is 16.2.